The smallest absolute Gasteiger partial charge is 0.213 e. The molecule has 7 nitrogen and oxygen atoms in total. The van der Waals surface area contributed by atoms with Crippen molar-refractivity contribution in [2.75, 3.05) is 18.3 Å². The monoisotopic (exact) mass is 446 g/mol. The number of sulfone groups is 1. The van der Waals surface area contributed by atoms with E-state index in [0.29, 0.717) is 11.6 Å². The first kappa shape index (κ1) is 21.5. The van der Waals surface area contributed by atoms with Gasteiger partial charge in [0.15, 0.2) is 9.84 Å². The van der Waals surface area contributed by atoms with E-state index in [0.717, 1.165) is 16.8 Å². The number of methoxy groups -OCH3 is 1. The zero-order valence-electron chi connectivity index (χ0n) is 17.7. The molecule has 3 aromatic heterocycles. The molecule has 4 rings (SSSR count). The van der Waals surface area contributed by atoms with Crippen LogP contribution < -0.4 is 9.64 Å². The van der Waals surface area contributed by atoms with E-state index in [4.69, 9.17) is 4.74 Å². The average Bonchev–Trinajstić information content (AvgIpc) is 2.83. The fraction of sp³-hybridized carbons (Fsp3) is 0.125. The molecule has 0 saturated carbocycles. The van der Waals surface area contributed by atoms with Gasteiger partial charge < -0.3 is 9.64 Å². The van der Waals surface area contributed by atoms with Crippen LogP contribution in [0.15, 0.2) is 96.5 Å². The van der Waals surface area contributed by atoms with Gasteiger partial charge in [0.2, 0.25) is 5.88 Å². The van der Waals surface area contributed by atoms with Gasteiger partial charge in [-0.15, -0.1) is 0 Å². The molecule has 0 N–H and O–H groups in total. The van der Waals surface area contributed by atoms with Crippen LogP contribution in [0.25, 0.3) is 0 Å². The predicted molar refractivity (Wildman–Crippen MR) is 123 cm³/mol. The minimum absolute atomic E-state index is 0.234. The standard InChI is InChI=1S/C24H22N4O3S/c1-31-23-11-10-21(17-27-23)28(20-8-3-9-22(14-20)32(2,29)30)24(18-6-4-12-25-15-18)19-7-5-13-26-16-19/h3-17,24H,1-2H3. The first-order valence-corrected chi connectivity index (χ1v) is 11.8. The number of hydrogen-bond acceptors (Lipinski definition) is 7. The summed E-state index contributed by atoms with van der Waals surface area (Å²) in [7, 11) is -1.83. The molecule has 0 spiro atoms. The van der Waals surface area contributed by atoms with E-state index in [1.807, 2.05) is 41.3 Å². The largest absolute Gasteiger partial charge is 0.481 e. The molecule has 162 valence electrons. The van der Waals surface area contributed by atoms with Crippen molar-refractivity contribution in [1.82, 2.24) is 15.0 Å². The Balaban J connectivity index is 1.96. The van der Waals surface area contributed by atoms with Crippen molar-refractivity contribution < 1.29 is 13.2 Å². The Bertz CT molecular complexity index is 1240. The Labute approximate surface area is 187 Å². The summed E-state index contributed by atoms with van der Waals surface area (Å²) in [6, 6.07) is 17.9. The zero-order chi connectivity index (χ0) is 22.6. The minimum atomic E-state index is -3.39. The highest BCUT2D eigenvalue weighted by molar-refractivity contribution is 7.90. The third kappa shape index (κ3) is 4.60. The summed E-state index contributed by atoms with van der Waals surface area (Å²) in [6.45, 7) is 0. The summed E-state index contributed by atoms with van der Waals surface area (Å²) < 4.78 is 29.8. The molecule has 0 fully saturated rings. The topological polar surface area (TPSA) is 85.3 Å². The van der Waals surface area contributed by atoms with E-state index in [2.05, 4.69) is 15.0 Å². The lowest BCUT2D eigenvalue weighted by molar-refractivity contribution is 0.398. The second-order valence-electron chi connectivity index (χ2n) is 7.17. The molecule has 1 aromatic carbocycles. The SMILES string of the molecule is COc1ccc(N(c2cccc(S(C)(=O)=O)c2)C(c2cccnc2)c2cccnc2)cn1. The molecule has 0 unspecified atom stereocenters. The van der Waals surface area contributed by atoms with Gasteiger partial charge in [0.1, 0.15) is 0 Å². The Morgan fingerprint density at radius 3 is 2.03 bits per heavy atom. The van der Waals surface area contributed by atoms with Gasteiger partial charge in [0.25, 0.3) is 0 Å². The number of benzene rings is 1. The van der Waals surface area contributed by atoms with Crippen molar-refractivity contribution in [1.29, 1.82) is 0 Å². The molecule has 0 saturated heterocycles. The third-order valence-corrected chi connectivity index (χ3v) is 6.10. The van der Waals surface area contributed by atoms with Gasteiger partial charge in [0.05, 0.1) is 29.9 Å². The van der Waals surface area contributed by atoms with Crippen molar-refractivity contribution >= 4 is 21.2 Å². The van der Waals surface area contributed by atoms with Gasteiger partial charge in [-0.05, 0) is 47.5 Å². The van der Waals surface area contributed by atoms with Gasteiger partial charge in [-0.1, -0.05) is 18.2 Å². The van der Waals surface area contributed by atoms with Crippen LogP contribution in [0.1, 0.15) is 17.2 Å². The van der Waals surface area contributed by atoms with Crippen LogP contribution in [0, 0.1) is 0 Å². The number of aromatic nitrogens is 3. The molecule has 0 radical (unpaired) electrons. The van der Waals surface area contributed by atoms with Gasteiger partial charge in [-0.3, -0.25) is 9.97 Å². The van der Waals surface area contributed by atoms with E-state index in [1.165, 1.54) is 6.26 Å². The number of ether oxygens (including phenoxy) is 1. The summed E-state index contributed by atoms with van der Waals surface area (Å²) in [5.41, 5.74) is 3.29. The highest BCUT2D eigenvalue weighted by Gasteiger charge is 2.26. The van der Waals surface area contributed by atoms with Gasteiger partial charge in [-0.2, -0.15) is 0 Å². The van der Waals surface area contributed by atoms with Gasteiger partial charge in [0, 0.05) is 42.8 Å². The molecule has 0 aliphatic heterocycles. The summed E-state index contributed by atoms with van der Waals surface area (Å²) >= 11 is 0. The van der Waals surface area contributed by atoms with Crippen molar-refractivity contribution in [3.05, 3.63) is 103 Å². The summed E-state index contributed by atoms with van der Waals surface area (Å²) in [5.74, 6) is 0.484. The number of anilines is 2. The van der Waals surface area contributed by atoms with Crippen molar-refractivity contribution in [2.45, 2.75) is 10.9 Å². The van der Waals surface area contributed by atoms with Crippen molar-refractivity contribution in [3.63, 3.8) is 0 Å². The van der Waals surface area contributed by atoms with Crippen LogP contribution in [0.5, 0.6) is 5.88 Å². The molecule has 32 heavy (non-hydrogen) atoms. The quantitative estimate of drug-likeness (QED) is 0.420. The molecule has 0 atom stereocenters. The predicted octanol–water partition coefficient (Wildman–Crippen LogP) is 4.21. The fourth-order valence-corrected chi connectivity index (χ4v) is 4.17. The first-order valence-electron chi connectivity index (χ1n) is 9.86. The molecule has 0 bridgehead atoms. The van der Waals surface area contributed by atoms with Crippen molar-refractivity contribution in [2.24, 2.45) is 0 Å². The van der Waals surface area contributed by atoms with E-state index in [1.54, 1.807) is 62.4 Å². The van der Waals surface area contributed by atoms with E-state index < -0.39 is 9.84 Å². The highest BCUT2D eigenvalue weighted by Crippen LogP contribution is 2.39. The average molecular weight is 447 g/mol. The minimum Gasteiger partial charge on any atom is -0.481 e. The molecular weight excluding hydrogens is 424 g/mol. The molecule has 4 aromatic rings. The molecule has 3 heterocycles. The Morgan fingerprint density at radius 1 is 0.844 bits per heavy atom. The zero-order valence-corrected chi connectivity index (χ0v) is 18.5. The van der Waals surface area contributed by atoms with Crippen LogP contribution in [0.2, 0.25) is 0 Å². The van der Waals surface area contributed by atoms with E-state index in [9.17, 15) is 8.42 Å². The third-order valence-electron chi connectivity index (χ3n) is 4.99. The van der Waals surface area contributed by atoms with Crippen LogP contribution in [-0.4, -0.2) is 36.7 Å². The Kier molecular flexibility index (Phi) is 6.13. The van der Waals surface area contributed by atoms with Crippen LogP contribution in [-0.2, 0) is 9.84 Å². The fourth-order valence-electron chi connectivity index (χ4n) is 3.51. The second kappa shape index (κ2) is 9.15. The summed E-state index contributed by atoms with van der Waals surface area (Å²) in [4.78, 5) is 15.2. The van der Waals surface area contributed by atoms with E-state index >= 15 is 0 Å². The normalized spacial score (nSPS) is 11.3. The van der Waals surface area contributed by atoms with Gasteiger partial charge in [-0.25, -0.2) is 13.4 Å². The molecule has 0 aliphatic rings. The molecule has 8 heteroatoms. The Morgan fingerprint density at radius 2 is 1.53 bits per heavy atom. The van der Waals surface area contributed by atoms with Crippen LogP contribution in [0.3, 0.4) is 0 Å². The lowest BCUT2D eigenvalue weighted by atomic mass is 9.98. The van der Waals surface area contributed by atoms with Crippen LogP contribution >= 0.6 is 0 Å². The maximum atomic E-state index is 12.3. The van der Waals surface area contributed by atoms with E-state index in [-0.39, 0.29) is 10.9 Å². The van der Waals surface area contributed by atoms with Crippen LogP contribution in [0.4, 0.5) is 11.4 Å². The summed E-state index contributed by atoms with van der Waals surface area (Å²) in [5, 5.41) is 0. The first-order chi connectivity index (χ1) is 15.5. The number of rotatable bonds is 7. The molecule has 0 aliphatic carbocycles. The van der Waals surface area contributed by atoms with Crippen molar-refractivity contribution in [3.8, 4) is 5.88 Å². The maximum absolute atomic E-state index is 12.3. The number of nitrogens with zero attached hydrogens (tertiary/aromatic N) is 4. The molecular formula is C24H22N4O3S. The second-order valence-corrected chi connectivity index (χ2v) is 9.19. The number of hydrogen-bond donors (Lipinski definition) is 0. The Hall–Kier alpha value is -3.78. The molecule has 0 amide bonds. The van der Waals surface area contributed by atoms with Gasteiger partial charge >= 0.3 is 0 Å². The lowest BCUT2D eigenvalue weighted by Gasteiger charge is -2.34. The lowest BCUT2D eigenvalue weighted by Crippen LogP contribution is -2.25. The summed E-state index contributed by atoms with van der Waals surface area (Å²) in [6.07, 6.45) is 9.92. The number of pyridine rings is 3. The maximum Gasteiger partial charge on any atom is 0.213 e. The highest BCUT2D eigenvalue weighted by atomic mass is 32.2.